The van der Waals surface area contributed by atoms with Crippen LogP contribution in [0.1, 0.15) is 56.3 Å². The molecule has 0 radical (unpaired) electrons. The second-order valence-electron chi connectivity index (χ2n) is 8.42. The SMILES string of the molecule is CCCC(P)c1ccc(CC(NC(=O)[C@H](C)[C@@H](OC)[C@@H]2CCCN2C)C(=O)O)cc1. The first-order chi connectivity index (χ1) is 14.3. The molecule has 0 aliphatic carbocycles. The van der Waals surface area contributed by atoms with Crippen LogP contribution in [0, 0.1) is 5.92 Å². The summed E-state index contributed by atoms with van der Waals surface area (Å²) in [4.78, 5) is 26.9. The van der Waals surface area contributed by atoms with Crippen molar-refractivity contribution >= 4 is 21.1 Å². The van der Waals surface area contributed by atoms with E-state index < -0.39 is 17.9 Å². The minimum atomic E-state index is -1.03. The van der Waals surface area contributed by atoms with Crippen LogP contribution >= 0.6 is 9.24 Å². The molecule has 168 valence electrons. The highest BCUT2D eigenvalue weighted by Crippen LogP contribution is 2.28. The first kappa shape index (κ1) is 24.8. The van der Waals surface area contributed by atoms with Gasteiger partial charge in [-0.25, -0.2) is 4.79 Å². The zero-order chi connectivity index (χ0) is 22.3. The van der Waals surface area contributed by atoms with Crippen LogP contribution < -0.4 is 5.32 Å². The van der Waals surface area contributed by atoms with Gasteiger partial charge in [0.1, 0.15) is 6.04 Å². The summed E-state index contributed by atoms with van der Waals surface area (Å²) in [5, 5.41) is 12.4. The molecule has 2 N–H and O–H groups in total. The molecular formula is C23H37N2O4P. The van der Waals surface area contributed by atoms with E-state index in [0.717, 1.165) is 37.8 Å². The average molecular weight is 437 g/mol. The number of amides is 1. The lowest BCUT2D eigenvalue weighted by molar-refractivity contribution is -0.143. The van der Waals surface area contributed by atoms with E-state index in [9.17, 15) is 14.7 Å². The third-order valence-electron chi connectivity index (χ3n) is 6.20. The molecule has 1 fully saturated rings. The summed E-state index contributed by atoms with van der Waals surface area (Å²) in [6, 6.07) is 7.21. The van der Waals surface area contributed by atoms with Crippen molar-refractivity contribution in [1.82, 2.24) is 10.2 Å². The Bertz CT molecular complexity index is 697. The van der Waals surface area contributed by atoms with Crippen molar-refractivity contribution in [2.24, 2.45) is 5.92 Å². The summed E-state index contributed by atoms with van der Waals surface area (Å²) in [6.07, 6.45) is 4.26. The summed E-state index contributed by atoms with van der Waals surface area (Å²) < 4.78 is 5.65. The summed E-state index contributed by atoms with van der Waals surface area (Å²) >= 11 is 0. The van der Waals surface area contributed by atoms with Gasteiger partial charge < -0.3 is 20.1 Å². The fourth-order valence-corrected chi connectivity index (χ4v) is 4.87. The second-order valence-corrected chi connectivity index (χ2v) is 9.22. The normalized spacial score (nSPS) is 21.0. The van der Waals surface area contributed by atoms with E-state index in [1.807, 2.05) is 38.2 Å². The van der Waals surface area contributed by atoms with Crippen molar-refractivity contribution in [3.63, 3.8) is 0 Å². The smallest absolute Gasteiger partial charge is 0.326 e. The standard InChI is InChI=1S/C23H37N2O4P/c1-5-7-20(30)17-11-9-16(10-12-17)14-18(23(27)28)24-22(26)15(2)21(29-4)19-8-6-13-25(19)3/h9-12,15,18-21H,5-8,13-14,30H2,1-4H3,(H,24,26)(H,27,28)/t15-,18?,19+,20?,21-/m1/s1. The Morgan fingerprint density at radius 1 is 1.33 bits per heavy atom. The molecular weight excluding hydrogens is 399 g/mol. The number of nitrogens with one attached hydrogen (secondary N) is 1. The van der Waals surface area contributed by atoms with E-state index in [1.54, 1.807) is 7.11 Å². The van der Waals surface area contributed by atoms with Gasteiger partial charge in [-0.05, 0) is 49.6 Å². The van der Waals surface area contributed by atoms with Crippen LogP contribution in [0.3, 0.4) is 0 Å². The highest BCUT2D eigenvalue weighted by molar-refractivity contribution is 7.17. The molecule has 0 spiro atoms. The van der Waals surface area contributed by atoms with Gasteiger partial charge in [-0.15, -0.1) is 9.24 Å². The third-order valence-corrected chi connectivity index (χ3v) is 6.91. The quantitative estimate of drug-likeness (QED) is 0.521. The first-order valence-corrected chi connectivity index (χ1v) is 11.6. The highest BCUT2D eigenvalue weighted by Gasteiger charge is 2.37. The topological polar surface area (TPSA) is 78.9 Å². The maximum Gasteiger partial charge on any atom is 0.326 e. The second kappa shape index (κ2) is 11.8. The van der Waals surface area contributed by atoms with Gasteiger partial charge in [0.2, 0.25) is 5.91 Å². The number of carboxylic acid groups (broad SMARTS) is 1. The molecule has 1 aromatic rings. The number of likely N-dealkylation sites (N-methyl/N-ethyl adjacent to an activating group) is 1. The predicted molar refractivity (Wildman–Crippen MR) is 123 cm³/mol. The number of methoxy groups -OCH3 is 1. The largest absolute Gasteiger partial charge is 0.480 e. The molecule has 1 aliphatic heterocycles. The number of hydrogen-bond acceptors (Lipinski definition) is 4. The number of nitrogens with zero attached hydrogens (tertiary/aromatic N) is 1. The lowest BCUT2D eigenvalue weighted by Crippen LogP contribution is -2.50. The Kier molecular flexibility index (Phi) is 9.73. The van der Waals surface area contributed by atoms with Crippen LogP contribution in [-0.2, 0) is 20.7 Å². The Labute approximate surface area is 183 Å². The van der Waals surface area contributed by atoms with Gasteiger partial charge in [-0.3, -0.25) is 4.79 Å². The lowest BCUT2D eigenvalue weighted by atomic mass is 9.94. The average Bonchev–Trinajstić information content (AvgIpc) is 3.14. The number of aliphatic carboxylic acids is 1. The third kappa shape index (κ3) is 6.50. The zero-order valence-electron chi connectivity index (χ0n) is 18.6. The van der Waals surface area contributed by atoms with Crippen molar-refractivity contribution in [1.29, 1.82) is 0 Å². The van der Waals surface area contributed by atoms with Gasteiger partial charge in [-0.2, -0.15) is 0 Å². The molecule has 30 heavy (non-hydrogen) atoms. The Hall–Kier alpha value is -1.49. The molecule has 1 amide bonds. The van der Waals surface area contributed by atoms with E-state index in [1.165, 1.54) is 5.56 Å². The summed E-state index contributed by atoms with van der Waals surface area (Å²) in [6.45, 7) is 4.96. The van der Waals surface area contributed by atoms with E-state index in [4.69, 9.17) is 4.74 Å². The van der Waals surface area contributed by atoms with Crippen LogP contribution in [-0.4, -0.2) is 60.8 Å². The van der Waals surface area contributed by atoms with Crippen molar-refractivity contribution in [2.75, 3.05) is 20.7 Å². The number of carbonyl (C=O) groups is 2. The fourth-order valence-electron chi connectivity index (χ4n) is 4.31. The van der Waals surface area contributed by atoms with E-state index >= 15 is 0 Å². The van der Waals surface area contributed by atoms with Gasteiger partial charge in [-0.1, -0.05) is 44.5 Å². The van der Waals surface area contributed by atoms with E-state index in [0.29, 0.717) is 5.66 Å². The molecule has 6 atom stereocenters. The molecule has 0 bridgehead atoms. The summed E-state index contributed by atoms with van der Waals surface area (Å²) in [7, 11) is 6.52. The Morgan fingerprint density at radius 2 is 2.00 bits per heavy atom. The number of carbonyl (C=O) groups excluding carboxylic acids is 1. The van der Waals surface area contributed by atoms with Crippen LogP contribution in [0.2, 0.25) is 0 Å². The number of benzene rings is 1. The molecule has 0 saturated carbocycles. The van der Waals surface area contributed by atoms with Gasteiger partial charge in [0.25, 0.3) is 0 Å². The van der Waals surface area contributed by atoms with Crippen molar-refractivity contribution in [2.45, 2.75) is 69.8 Å². The maximum atomic E-state index is 12.9. The van der Waals surface area contributed by atoms with Gasteiger partial charge in [0.05, 0.1) is 12.0 Å². The van der Waals surface area contributed by atoms with Crippen LogP contribution in [0.5, 0.6) is 0 Å². The predicted octanol–water partition coefficient (Wildman–Crippen LogP) is 3.26. The van der Waals surface area contributed by atoms with Crippen LogP contribution in [0.15, 0.2) is 24.3 Å². The molecule has 6 nitrogen and oxygen atoms in total. The molecule has 1 aromatic carbocycles. The molecule has 7 heteroatoms. The number of carboxylic acids is 1. The fraction of sp³-hybridized carbons (Fsp3) is 0.652. The van der Waals surface area contributed by atoms with Crippen molar-refractivity contribution < 1.29 is 19.4 Å². The molecule has 3 unspecified atom stereocenters. The van der Waals surface area contributed by atoms with Gasteiger partial charge >= 0.3 is 5.97 Å². The summed E-state index contributed by atoms with van der Waals surface area (Å²) in [5.74, 6) is -1.74. The van der Waals surface area contributed by atoms with Crippen molar-refractivity contribution in [3.05, 3.63) is 35.4 Å². The van der Waals surface area contributed by atoms with Gasteiger partial charge in [0, 0.05) is 19.6 Å². The molecule has 0 aromatic heterocycles. The number of likely N-dealkylation sites (tertiary alicyclic amines) is 1. The van der Waals surface area contributed by atoms with Crippen LogP contribution in [0.25, 0.3) is 0 Å². The molecule has 1 saturated heterocycles. The monoisotopic (exact) mass is 436 g/mol. The molecule has 2 rings (SSSR count). The number of ether oxygens (including phenoxy) is 1. The first-order valence-electron chi connectivity index (χ1n) is 10.9. The lowest BCUT2D eigenvalue weighted by Gasteiger charge is -2.32. The number of rotatable bonds is 11. The number of hydrogen-bond donors (Lipinski definition) is 2. The molecule has 1 aliphatic rings. The zero-order valence-corrected chi connectivity index (χ0v) is 19.8. The highest BCUT2D eigenvalue weighted by atomic mass is 31.0. The Balaban J connectivity index is 2.02. The van der Waals surface area contributed by atoms with E-state index in [2.05, 4.69) is 26.4 Å². The Morgan fingerprint density at radius 3 is 2.50 bits per heavy atom. The summed E-state index contributed by atoms with van der Waals surface area (Å²) in [5.41, 5.74) is 2.52. The van der Waals surface area contributed by atoms with Crippen LogP contribution in [0.4, 0.5) is 0 Å². The van der Waals surface area contributed by atoms with Crippen molar-refractivity contribution in [3.8, 4) is 0 Å². The molecule has 1 heterocycles. The minimum absolute atomic E-state index is 0.176. The maximum absolute atomic E-state index is 12.9. The van der Waals surface area contributed by atoms with Gasteiger partial charge in [0.15, 0.2) is 0 Å². The van der Waals surface area contributed by atoms with E-state index in [-0.39, 0.29) is 24.5 Å². The minimum Gasteiger partial charge on any atom is -0.480 e.